The fourth-order valence-electron chi connectivity index (χ4n) is 2.06. The molecule has 0 bridgehead atoms. The van der Waals surface area contributed by atoms with E-state index in [1.54, 1.807) is 0 Å². The molecule has 1 unspecified atom stereocenters. The largest absolute Gasteiger partial charge is 0.327 e. The van der Waals surface area contributed by atoms with Crippen LogP contribution in [0.15, 0.2) is 24.3 Å². The van der Waals surface area contributed by atoms with Gasteiger partial charge in [-0.3, -0.25) is 4.79 Å². The Bertz CT molecular complexity index is 373. The van der Waals surface area contributed by atoms with Crippen molar-refractivity contribution in [2.75, 3.05) is 5.32 Å². The van der Waals surface area contributed by atoms with Crippen LogP contribution in [-0.4, -0.2) is 11.9 Å². The zero-order valence-corrected chi connectivity index (χ0v) is 12.1. The monoisotopic (exact) mass is 262 g/mol. The molecule has 1 aromatic rings. The maximum atomic E-state index is 11.8. The Labute approximate surface area is 116 Å². The summed E-state index contributed by atoms with van der Waals surface area (Å²) in [6.07, 6.45) is 5.81. The number of hydrogen-bond donors (Lipinski definition) is 2. The van der Waals surface area contributed by atoms with Crippen molar-refractivity contribution in [1.82, 2.24) is 0 Å². The lowest BCUT2D eigenvalue weighted by molar-refractivity contribution is -0.116. The summed E-state index contributed by atoms with van der Waals surface area (Å²) < 4.78 is 0. The van der Waals surface area contributed by atoms with Gasteiger partial charge in [-0.15, -0.1) is 0 Å². The normalized spacial score (nSPS) is 12.2. The van der Waals surface area contributed by atoms with E-state index < -0.39 is 0 Å². The lowest BCUT2D eigenvalue weighted by Gasteiger charge is -2.11. The van der Waals surface area contributed by atoms with Crippen LogP contribution >= 0.6 is 0 Å². The topological polar surface area (TPSA) is 55.1 Å². The predicted molar refractivity (Wildman–Crippen MR) is 81.2 cm³/mol. The molecule has 1 amide bonds. The molecule has 0 saturated carbocycles. The van der Waals surface area contributed by atoms with Crippen LogP contribution in [0, 0.1) is 0 Å². The molecule has 0 fully saturated rings. The summed E-state index contributed by atoms with van der Waals surface area (Å²) in [6.45, 7) is 4.26. The van der Waals surface area contributed by atoms with Gasteiger partial charge in [0.1, 0.15) is 0 Å². The van der Waals surface area contributed by atoms with Gasteiger partial charge in [0.15, 0.2) is 0 Å². The molecule has 0 saturated heterocycles. The first-order valence-electron chi connectivity index (χ1n) is 7.30. The third-order valence-corrected chi connectivity index (χ3v) is 3.16. The lowest BCUT2D eigenvalue weighted by Crippen LogP contribution is -2.26. The van der Waals surface area contributed by atoms with Crippen molar-refractivity contribution >= 4 is 11.6 Å². The van der Waals surface area contributed by atoms with Crippen molar-refractivity contribution in [3.63, 3.8) is 0 Å². The molecule has 0 aromatic heterocycles. The van der Waals surface area contributed by atoms with Gasteiger partial charge in [0.2, 0.25) is 5.91 Å². The quantitative estimate of drug-likeness (QED) is 0.753. The van der Waals surface area contributed by atoms with E-state index in [0.717, 1.165) is 24.9 Å². The number of amides is 1. The van der Waals surface area contributed by atoms with Gasteiger partial charge in [-0.05, 0) is 37.0 Å². The van der Waals surface area contributed by atoms with Crippen molar-refractivity contribution in [3.8, 4) is 0 Å². The second-order valence-corrected chi connectivity index (χ2v) is 5.10. The van der Waals surface area contributed by atoms with Crippen LogP contribution in [-0.2, 0) is 11.2 Å². The van der Waals surface area contributed by atoms with Gasteiger partial charge in [0, 0.05) is 18.2 Å². The molecule has 0 aliphatic carbocycles. The van der Waals surface area contributed by atoms with Gasteiger partial charge in [-0.2, -0.15) is 0 Å². The SMILES string of the molecule is CCCCc1ccc(NC(=O)CC(N)CCC)cc1. The van der Waals surface area contributed by atoms with Crippen molar-refractivity contribution < 1.29 is 4.79 Å². The van der Waals surface area contributed by atoms with Crippen LogP contribution < -0.4 is 11.1 Å². The first kappa shape index (κ1) is 15.7. The summed E-state index contributed by atoms with van der Waals surface area (Å²) in [7, 11) is 0. The van der Waals surface area contributed by atoms with Crippen molar-refractivity contribution in [2.45, 2.75) is 58.4 Å². The second-order valence-electron chi connectivity index (χ2n) is 5.10. The third-order valence-electron chi connectivity index (χ3n) is 3.16. The summed E-state index contributed by atoms with van der Waals surface area (Å²) in [5, 5.41) is 2.90. The van der Waals surface area contributed by atoms with Crippen LogP contribution in [0.4, 0.5) is 5.69 Å². The maximum Gasteiger partial charge on any atom is 0.225 e. The molecule has 1 aromatic carbocycles. The molecule has 19 heavy (non-hydrogen) atoms. The number of anilines is 1. The third kappa shape index (κ3) is 6.39. The number of aryl methyl sites for hydroxylation is 1. The Morgan fingerprint density at radius 2 is 1.89 bits per heavy atom. The molecule has 0 radical (unpaired) electrons. The molecule has 0 aliphatic heterocycles. The maximum absolute atomic E-state index is 11.8. The molecule has 1 atom stereocenters. The molecule has 3 N–H and O–H groups in total. The van der Waals surface area contributed by atoms with Crippen LogP contribution in [0.5, 0.6) is 0 Å². The molecule has 3 heteroatoms. The fraction of sp³-hybridized carbons (Fsp3) is 0.562. The Hall–Kier alpha value is -1.35. The zero-order valence-electron chi connectivity index (χ0n) is 12.1. The number of carbonyl (C=O) groups is 1. The average molecular weight is 262 g/mol. The van der Waals surface area contributed by atoms with E-state index in [2.05, 4.69) is 31.3 Å². The lowest BCUT2D eigenvalue weighted by atomic mass is 10.1. The van der Waals surface area contributed by atoms with E-state index in [1.165, 1.54) is 18.4 Å². The summed E-state index contributed by atoms with van der Waals surface area (Å²) in [5.74, 6) is 0.00209. The number of rotatable bonds is 8. The molecule has 0 aliphatic rings. The minimum atomic E-state index is -0.0335. The Morgan fingerprint density at radius 1 is 1.21 bits per heavy atom. The Morgan fingerprint density at radius 3 is 2.47 bits per heavy atom. The standard InChI is InChI=1S/C16H26N2O/c1-3-5-7-13-8-10-15(11-9-13)18-16(19)12-14(17)6-4-2/h8-11,14H,3-7,12,17H2,1-2H3,(H,18,19). The van der Waals surface area contributed by atoms with E-state index in [4.69, 9.17) is 5.73 Å². The Kier molecular flexibility index (Phi) is 7.19. The summed E-state index contributed by atoms with van der Waals surface area (Å²) in [5.41, 5.74) is 8.03. The highest BCUT2D eigenvalue weighted by Gasteiger charge is 2.08. The summed E-state index contributed by atoms with van der Waals surface area (Å²) >= 11 is 0. The summed E-state index contributed by atoms with van der Waals surface area (Å²) in [4.78, 5) is 11.8. The highest BCUT2D eigenvalue weighted by Crippen LogP contribution is 2.12. The number of carbonyl (C=O) groups excluding carboxylic acids is 1. The number of benzene rings is 1. The fourth-order valence-corrected chi connectivity index (χ4v) is 2.06. The minimum Gasteiger partial charge on any atom is -0.327 e. The van der Waals surface area contributed by atoms with Crippen molar-refractivity contribution in [2.24, 2.45) is 5.73 Å². The van der Waals surface area contributed by atoms with E-state index in [9.17, 15) is 4.79 Å². The van der Waals surface area contributed by atoms with Crippen LogP contribution in [0.25, 0.3) is 0 Å². The number of unbranched alkanes of at least 4 members (excludes halogenated alkanes) is 1. The molecule has 106 valence electrons. The number of nitrogens with two attached hydrogens (primary N) is 1. The van der Waals surface area contributed by atoms with Crippen LogP contribution in [0.1, 0.15) is 51.5 Å². The minimum absolute atomic E-state index is 0.00209. The van der Waals surface area contributed by atoms with Gasteiger partial charge in [0.05, 0.1) is 0 Å². The van der Waals surface area contributed by atoms with Gasteiger partial charge < -0.3 is 11.1 Å². The molecular formula is C16H26N2O. The van der Waals surface area contributed by atoms with Crippen molar-refractivity contribution in [1.29, 1.82) is 0 Å². The summed E-state index contributed by atoms with van der Waals surface area (Å²) in [6, 6.07) is 8.06. The molecule has 1 rings (SSSR count). The van der Waals surface area contributed by atoms with Gasteiger partial charge in [-0.1, -0.05) is 38.8 Å². The van der Waals surface area contributed by atoms with E-state index >= 15 is 0 Å². The van der Waals surface area contributed by atoms with Crippen LogP contribution in [0.3, 0.4) is 0 Å². The zero-order chi connectivity index (χ0) is 14.1. The smallest absolute Gasteiger partial charge is 0.225 e. The molecule has 0 spiro atoms. The number of hydrogen-bond acceptors (Lipinski definition) is 2. The molecule has 3 nitrogen and oxygen atoms in total. The van der Waals surface area contributed by atoms with E-state index in [1.807, 2.05) is 12.1 Å². The van der Waals surface area contributed by atoms with Gasteiger partial charge in [-0.25, -0.2) is 0 Å². The highest BCUT2D eigenvalue weighted by atomic mass is 16.1. The van der Waals surface area contributed by atoms with E-state index in [-0.39, 0.29) is 11.9 Å². The highest BCUT2D eigenvalue weighted by molar-refractivity contribution is 5.91. The molecule has 0 heterocycles. The number of nitrogens with one attached hydrogen (secondary N) is 1. The van der Waals surface area contributed by atoms with Gasteiger partial charge in [0.25, 0.3) is 0 Å². The second kappa shape index (κ2) is 8.70. The van der Waals surface area contributed by atoms with Gasteiger partial charge >= 0.3 is 0 Å². The first-order valence-corrected chi connectivity index (χ1v) is 7.30. The average Bonchev–Trinajstić information content (AvgIpc) is 2.38. The van der Waals surface area contributed by atoms with Crippen LogP contribution in [0.2, 0.25) is 0 Å². The van der Waals surface area contributed by atoms with E-state index in [0.29, 0.717) is 6.42 Å². The molecular weight excluding hydrogens is 236 g/mol. The first-order chi connectivity index (χ1) is 9.15. The van der Waals surface area contributed by atoms with Crippen molar-refractivity contribution in [3.05, 3.63) is 29.8 Å². The predicted octanol–water partition coefficient (Wildman–Crippen LogP) is 3.49. The Balaban J connectivity index is 2.42.